The molecule has 0 aliphatic carbocycles. The smallest absolute Gasteiger partial charge is 0.350 e. The van der Waals surface area contributed by atoms with Crippen LogP contribution in [0.15, 0.2) is 0 Å². The summed E-state index contributed by atoms with van der Waals surface area (Å²) in [7, 11) is -2.89. The molecule has 0 unspecified atom stereocenters. The van der Waals surface area contributed by atoms with Crippen LogP contribution in [-0.4, -0.2) is 59.0 Å². The molecule has 16 heavy (non-hydrogen) atoms. The summed E-state index contributed by atoms with van der Waals surface area (Å²) in [5, 5.41) is 0. The molecule has 0 saturated carbocycles. The fraction of sp³-hybridized carbons (Fsp3) is 1.00. The largest absolute Gasteiger partial charge is 0.680 e. The average molecular weight is 247 g/mol. The Morgan fingerprint density at radius 1 is 0.938 bits per heavy atom. The van der Waals surface area contributed by atoms with E-state index in [0.717, 1.165) is 19.6 Å². The second-order valence-corrected chi connectivity index (χ2v) is 7.17. The first-order valence-electron chi connectivity index (χ1n) is 5.84. The van der Waals surface area contributed by atoms with Crippen LogP contribution in [-0.2, 0) is 17.7 Å². The molecule has 3 fully saturated rings. The molecule has 0 aromatic carbocycles. The molecule has 0 amide bonds. The maximum absolute atomic E-state index is 5.92. The van der Waals surface area contributed by atoms with E-state index < -0.39 is 9.05 Å². The van der Waals surface area contributed by atoms with E-state index in [-0.39, 0.29) is 5.60 Å². The van der Waals surface area contributed by atoms with Gasteiger partial charge in [-0.3, -0.25) is 4.90 Å². The van der Waals surface area contributed by atoms with E-state index in [1.807, 2.05) is 20.8 Å². The lowest BCUT2D eigenvalue weighted by Crippen LogP contribution is -2.59. The van der Waals surface area contributed by atoms with Crippen molar-refractivity contribution in [1.29, 1.82) is 0 Å². The number of fused-ring (bicyclic) bond motifs is 6. The van der Waals surface area contributed by atoms with Crippen molar-refractivity contribution >= 4 is 9.05 Å². The molecule has 3 aliphatic rings. The molecule has 3 saturated heterocycles. The summed E-state index contributed by atoms with van der Waals surface area (Å²) in [4.78, 5) is 2.29. The van der Waals surface area contributed by atoms with Gasteiger partial charge in [-0.25, -0.2) is 0 Å². The lowest BCUT2D eigenvalue weighted by molar-refractivity contribution is -0.105. The summed E-state index contributed by atoms with van der Waals surface area (Å²) in [6, 6.07) is 0. The number of nitrogens with zero attached hydrogens (tertiary/aromatic N) is 1. The zero-order valence-corrected chi connectivity index (χ0v) is 11.3. The first-order valence-corrected chi connectivity index (χ1v) is 7.47. The van der Waals surface area contributed by atoms with Crippen LogP contribution in [0.2, 0.25) is 0 Å². The first kappa shape index (κ1) is 12.5. The van der Waals surface area contributed by atoms with Gasteiger partial charge in [-0.05, 0) is 20.8 Å². The van der Waals surface area contributed by atoms with E-state index >= 15 is 0 Å². The Bertz CT molecular complexity index is 217. The van der Waals surface area contributed by atoms with E-state index in [4.69, 9.17) is 17.7 Å². The van der Waals surface area contributed by atoms with Gasteiger partial charge < -0.3 is 17.7 Å². The highest BCUT2D eigenvalue weighted by atomic mass is 28.4. The summed E-state index contributed by atoms with van der Waals surface area (Å²) in [6.45, 7) is 10.7. The zero-order chi connectivity index (χ0) is 11.6. The molecule has 94 valence electrons. The summed E-state index contributed by atoms with van der Waals surface area (Å²) < 4.78 is 23.2. The maximum Gasteiger partial charge on any atom is 0.680 e. The SMILES string of the molecule is CC(C)(C)O[Si]12OCCN(CCO1)CCO2. The Hall–Kier alpha value is 0.0169. The Morgan fingerprint density at radius 2 is 1.38 bits per heavy atom. The highest BCUT2D eigenvalue weighted by Crippen LogP contribution is 2.23. The van der Waals surface area contributed by atoms with Crippen molar-refractivity contribution in [3.8, 4) is 0 Å². The lowest BCUT2D eigenvalue weighted by Gasteiger charge is -2.39. The molecule has 0 aromatic rings. The van der Waals surface area contributed by atoms with Gasteiger partial charge in [0.2, 0.25) is 0 Å². The van der Waals surface area contributed by atoms with E-state index in [9.17, 15) is 0 Å². The van der Waals surface area contributed by atoms with Crippen molar-refractivity contribution in [3.05, 3.63) is 0 Å². The molecule has 0 radical (unpaired) electrons. The van der Waals surface area contributed by atoms with Crippen molar-refractivity contribution in [2.24, 2.45) is 0 Å². The van der Waals surface area contributed by atoms with Crippen molar-refractivity contribution in [2.45, 2.75) is 26.4 Å². The Morgan fingerprint density at radius 3 is 1.75 bits per heavy atom. The molecule has 3 heterocycles. The second-order valence-electron chi connectivity index (χ2n) is 5.10. The maximum atomic E-state index is 5.92. The Balaban J connectivity index is 2.08. The van der Waals surface area contributed by atoms with Gasteiger partial charge in [0.1, 0.15) is 0 Å². The van der Waals surface area contributed by atoms with Gasteiger partial charge in [0, 0.05) is 19.6 Å². The van der Waals surface area contributed by atoms with Gasteiger partial charge in [-0.2, -0.15) is 0 Å². The van der Waals surface area contributed by atoms with E-state index in [1.54, 1.807) is 0 Å². The molecule has 0 aromatic heterocycles. The van der Waals surface area contributed by atoms with Crippen LogP contribution >= 0.6 is 0 Å². The molecular weight excluding hydrogens is 226 g/mol. The van der Waals surface area contributed by atoms with Crippen LogP contribution in [0, 0.1) is 0 Å². The van der Waals surface area contributed by atoms with Gasteiger partial charge in [-0.1, -0.05) is 0 Å². The molecule has 0 spiro atoms. The van der Waals surface area contributed by atoms with Crippen molar-refractivity contribution in [1.82, 2.24) is 4.90 Å². The second kappa shape index (κ2) is 4.71. The minimum atomic E-state index is -2.89. The third kappa shape index (κ3) is 3.25. The molecule has 2 bridgehead atoms. The fourth-order valence-corrected chi connectivity index (χ4v) is 4.02. The van der Waals surface area contributed by atoms with Crippen LogP contribution in [0.25, 0.3) is 0 Å². The Labute approximate surface area is 98.1 Å². The molecule has 3 rings (SSSR count). The van der Waals surface area contributed by atoms with Crippen LogP contribution in [0.3, 0.4) is 0 Å². The molecule has 0 atom stereocenters. The number of hydrogen-bond acceptors (Lipinski definition) is 5. The lowest BCUT2D eigenvalue weighted by atomic mass is 10.2. The van der Waals surface area contributed by atoms with E-state index in [0.29, 0.717) is 19.8 Å². The predicted molar refractivity (Wildman–Crippen MR) is 60.9 cm³/mol. The minimum Gasteiger partial charge on any atom is -0.350 e. The predicted octanol–water partition coefficient (Wildman–Crippen LogP) is 0.616. The molecule has 5 nitrogen and oxygen atoms in total. The monoisotopic (exact) mass is 247 g/mol. The van der Waals surface area contributed by atoms with Crippen molar-refractivity contribution in [3.63, 3.8) is 0 Å². The van der Waals surface area contributed by atoms with Crippen molar-refractivity contribution < 1.29 is 17.7 Å². The fourth-order valence-electron chi connectivity index (χ4n) is 1.82. The summed E-state index contributed by atoms with van der Waals surface area (Å²) in [5.74, 6) is 0. The normalized spacial score (nSPS) is 36.6. The van der Waals surface area contributed by atoms with Crippen LogP contribution in [0.1, 0.15) is 20.8 Å². The average Bonchev–Trinajstić information content (AvgIpc) is 2.04. The highest BCUT2D eigenvalue weighted by Gasteiger charge is 2.50. The molecular formula is C10H21NO4Si. The summed E-state index contributed by atoms with van der Waals surface area (Å²) in [6.07, 6.45) is 0. The standard InChI is InChI=1S/C10H21NO4Si/c1-10(2,3)15-16-12-7-4-11(5-8-13-16)6-9-14-16/h4-9H2,1-3H3. The summed E-state index contributed by atoms with van der Waals surface area (Å²) >= 11 is 0. The zero-order valence-electron chi connectivity index (χ0n) is 10.3. The van der Waals surface area contributed by atoms with Crippen molar-refractivity contribution in [2.75, 3.05) is 39.5 Å². The first-order chi connectivity index (χ1) is 7.49. The van der Waals surface area contributed by atoms with Gasteiger partial charge in [0.15, 0.2) is 0 Å². The third-order valence-corrected chi connectivity index (χ3v) is 5.03. The number of hydrogen-bond donors (Lipinski definition) is 0. The molecule has 6 heteroatoms. The third-order valence-electron chi connectivity index (χ3n) is 2.49. The summed E-state index contributed by atoms with van der Waals surface area (Å²) in [5.41, 5.74) is -0.301. The minimum absolute atomic E-state index is 0.301. The molecule has 0 N–H and O–H groups in total. The van der Waals surface area contributed by atoms with Gasteiger partial charge in [-0.15, -0.1) is 0 Å². The Kier molecular flexibility index (Phi) is 3.68. The van der Waals surface area contributed by atoms with Crippen LogP contribution < -0.4 is 0 Å². The van der Waals surface area contributed by atoms with Gasteiger partial charge in [0.05, 0.1) is 25.4 Å². The topological polar surface area (TPSA) is 40.2 Å². The molecule has 3 aliphatic heterocycles. The van der Waals surface area contributed by atoms with E-state index in [1.165, 1.54) is 0 Å². The van der Waals surface area contributed by atoms with Gasteiger partial charge >= 0.3 is 9.05 Å². The quantitative estimate of drug-likeness (QED) is 0.635. The van der Waals surface area contributed by atoms with Crippen LogP contribution in [0.4, 0.5) is 0 Å². The highest BCUT2D eigenvalue weighted by molar-refractivity contribution is 6.53. The van der Waals surface area contributed by atoms with Gasteiger partial charge in [0.25, 0.3) is 0 Å². The van der Waals surface area contributed by atoms with E-state index in [2.05, 4.69) is 4.90 Å². The number of rotatable bonds is 1. The van der Waals surface area contributed by atoms with Crippen LogP contribution in [0.5, 0.6) is 0 Å².